The van der Waals surface area contributed by atoms with Crippen LogP contribution in [0.4, 0.5) is 0 Å². The molecule has 0 spiro atoms. The SMILES string of the molecule is COC(=O)[C@@](C#N)(c1ccccc1)[C@](C#N)(C(=O)OC)c1ccccc1. The van der Waals surface area contributed by atoms with Crippen molar-refractivity contribution >= 4 is 11.9 Å². The number of nitrogens with zero attached hydrogens (tertiary/aromatic N) is 2. The molecule has 0 aliphatic carbocycles. The molecule has 0 heterocycles. The second-order valence-corrected chi connectivity index (χ2v) is 5.44. The molecule has 2 aromatic rings. The minimum atomic E-state index is -2.26. The van der Waals surface area contributed by atoms with E-state index < -0.39 is 22.8 Å². The zero-order valence-electron chi connectivity index (χ0n) is 14.3. The Morgan fingerprint density at radius 2 is 1.04 bits per heavy atom. The molecule has 26 heavy (non-hydrogen) atoms. The average molecular weight is 348 g/mol. The molecule has 0 saturated heterocycles. The first-order chi connectivity index (χ1) is 12.5. The number of hydrogen-bond donors (Lipinski definition) is 0. The molecule has 130 valence electrons. The van der Waals surface area contributed by atoms with Crippen LogP contribution in [-0.2, 0) is 29.9 Å². The third-order valence-corrected chi connectivity index (χ3v) is 4.29. The molecular weight excluding hydrogens is 332 g/mol. The normalized spacial score (nSPS) is 14.6. The Morgan fingerprint density at radius 1 is 0.731 bits per heavy atom. The van der Waals surface area contributed by atoms with Crippen LogP contribution in [0.3, 0.4) is 0 Å². The predicted molar refractivity (Wildman–Crippen MR) is 91.5 cm³/mol. The van der Waals surface area contributed by atoms with E-state index in [2.05, 4.69) is 0 Å². The molecule has 0 bridgehead atoms. The Kier molecular flexibility index (Phi) is 5.39. The summed E-state index contributed by atoms with van der Waals surface area (Å²) in [5.41, 5.74) is -4.20. The number of rotatable bonds is 5. The maximum absolute atomic E-state index is 12.9. The van der Waals surface area contributed by atoms with Crippen molar-refractivity contribution in [2.75, 3.05) is 14.2 Å². The molecule has 0 amide bonds. The smallest absolute Gasteiger partial charge is 0.333 e. The number of esters is 2. The Morgan fingerprint density at radius 3 is 1.27 bits per heavy atom. The van der Waals surface area contributed by atoms with Crippen molar-refractivity contribution in [2.45, 2.75) is 10.8 Å². The van der Waals surface area contributed by atoms with Gasteiger partial charge in [-0.2, -0.15) is 10.5 Å². The van der Waals surface area contributed by atoms with E-state index in [0.717, 1.165) is 14.2 Å². The third-order valence-electron chi connectivity index (χ3n) is 4.29. The summed E-state index contributed by atoms with van der Waals surface area (Å²) in [6.45, 7) is 0. The highest BCUT2D eigenvalue weighted by atomic mass is 16.5. The van der Waals surface area contributed by atoms with Crippen molar-refractivity contribution in [3.63, 3.8) is 0 Å². The second-order valence-electron chi connectivity index (χ2n) is 5.44. The fourth-order valence-corrected chi connectivity index (χ4v) is 3.05. The first kappa shape index (κ1) is 18.7. The summed E-state index contributed by atoms with van der Waals surface area (Å²) in [5, 5.41) is 20.2. The lowest BCUT2D eigenvalue weighted by molar-refractivity contribution is -0.157. The minimum Gasteiger partial charge on any atom is -0.468 e. The van der Waals surface area contributed by atoms with Gasteiger partial charge in [0.1, 0.15) is 0 Å². The van der Waals surface area contributed by atoms with E-state index in [1.165, 1.54) is 24.3 Å². The number of nitriles is 2. The summed E-state index contributed by atoms with van der Waals surface area (Å²) in [4.78, 5) is 25.7. The van der Waals surface area contributed by atoms with Gasteiger partial charge < -0.3 is 9.47 Å². The molecule has 0 unspecified atom stereocenters. The monoisotopic (exact) mass is 348 g/mol. The zero-order chi connectivity index (χ0) is 19.2. The molecule has 2 aromatic carbocycles. The van der Waals surface area contributed by atoms with Crippen molar-refractivity contribution in [3.05, 3.63) is 71.8 Å². The van der Waals surface area contributed by atoms with Gasteiger partial charge in [-0.25, -0.2) is 9.59 Å². The fraction of sp³-hybridized carbons (Fsp3) is 0.200. The van der Waals surface area contributed by atoms with Crippen molar-refractivity contribution in [1.29, 1.82) is 10.5 Å². The highest BCUT2D eigenvalue weighted by molar-refractivity contribution is 6.02. The van der Waals surface area contributed by atoms with Gasteiger partial charge >= 0.3 is 11.9 Å². The van der Waals surface area contributed by atoms with Gasteiger partial charge in [0.05, 0.1) is 26.4 Å². The molecule has 0 fully saturated rings. The van der Waals surface area contributed by atoms with Crippen molar-refractivity contribution in [3.8, 4) is 12.1 Å². The Labute approximate surface area is 151 Å². The van der Waals surface area contributed by atoms with E-state index >= 15 is 0 Å². The van der Waals surface area contributed by atoms with Gasteiger partial charge in [-0.15, -0.1) is 0 Å². The van der Waals surface area contributed by atoms with Crippen LogP contribution in [0.15, 0.2) is 60.7 Å². The van der Waals surface area contributed by atoms with Crippen LogP contribution in [0, 0.1) is 22.7 Å². The summed E-state index contributed by atoms with van der Waals surface area (Å²) >= 11 is 0. The summed E-state index contributed by atoms with van der Waals surface area (Å²) < 4.78 is 9.73. The lowest BCUT2D eigenvalue weighted by Crippen LogP contribution is -2.58. The molecule has 6 nitrogen and oxygen atoms in total. The largest absolute Gasteiger partial charge is 0.468 e. The van der Waals surface area contributed by atoms with E-state index in [1.54, 1.807) is 36.4 Å². The first-order valence-corrected chi connectivity index (χ1v) is 7.65. The topological polar surface area (TPSA) is 100 Å². The number of ether oxygens (including phenoxy) is 2. The lowest BCUT2D eigenvalue weighted by Gasteiger charge is -2.37. The molecule has 0 aliphatic rings. The maximum Gasteiger partial charge on any atom is 0.333 e. The molecule has 0 saturated carbocycles. The van der Waals surface area contributed by atoms with E-state index in [9.17, 15) is 20.1 Å². The van der Waals surface area contributed by atoms with Crippen LogP contribution in [0.5, 0.6) is 0 Å². The minimum absolute atomic E-state index is 0.158. The molecule has 2 atom stereocenters. The van der Waals surface area contributed by atoms with Crippen molar-refractivity contribution < 1.29 is 19.1 Å². The van der Waals surface area contributed by atoms with Crippen LogP contribution in [0.1, 0.15) is 11.1 Å². The molecule has 0 aromatic heterocycles. The van der Waals surface area contributed by atoms with Gasteiger partial charge in [0.25, 0.3) is 0 Å². The van der Waals surface area contributed by atoms with Crippen molar-refractivity contribution in [2.24, 2.45) is 0 Å². The van der Waals surface area contributed by atoms with E-state index in [-0.39, 0.29) is 11.1 Å². The lowest BCUT2D eigenvalue weighted by atomic mass is 9.58. The molecular formula is C20H16N2O4. The maximum atomic E-state index is 12.9. The Hall–Kier alpha value is -3.64. The summed E-state index contributed by atoms with van der Waals surface area (Å²) in [7, 11) is 2.20. The number of methoxy groups -OCH3 is 2. The Bertz CT molecular complexity index is 808. The zero-order valence-corrected chi connectivity index (χ0v) is 14.3. The number of carbonyl (C=O) groups is 2. The van der Waals surface area contributed by atoms with Crippen LogP contribution >= 0.6 is 0 Å². The summed E-state index contributed by atoms with van der Waals surface area (Å²) in [6.07, 6.45) is 0. The highest BCUT2D eigenvalue weighted by Crippen LogP contribution is 2.46. The highest BCUT2D eigenvalue weighted by Gasteiger charge is 2.66. The van der Waals surface area contributed by atoms with E-state index in [0.29, 0.717) is 0 Å². The Balaban J connectivity index is 3.02. The quantitative estimate of drug-likeness (QED) is 0.768. The fourth-order valence-electron chi connectivity index (χ4n) is 3.05. The summed E-state index contributed by atoms with van der Waals surface area (Å²) in [6, 6.07) is 19.6. The van der Waals surface area contributed by atoms with Gasteiger partial charge in [-0.3, -0.25) is 0 Å². The van der Waals surface area contributed by atoms with Crippen LogP contribution in [-0.4, -0.2) is 26.2 Å². The van der Waals surface area contributed by atoms with Gasteiger partial charge in [-0.1, -0.05) is 60.7 Å². The molecule has 0 aliphatic heterocycles. The predicted octanol–water partition coefficient (Wildman–Crippen LogP) is 2.26. The van der Waals surface area contributed by atoms with Gasteiger partial charge in [0.15, 0.2) is 0 Å². The van der Waals surface area contributed by atoms with E-state index in [1.807, 2.05) is 12.1 Å². The number of benzene rings is 2. The van der Waals surface area contributed by atoms with Gasteiger partial charge in [-0.05, 0) is 11.1 Å². The molecule has 2 rings (SSSR count). The number of carbonyl (C=O) groups excluding carboxylic acids is 2. The molecule has 6 heteroatoms. The van der Waals surface area contributed by atoms with Gasteiger partial charge in [0.2, 0.25) is 10.8 Å². The van der Waals surface area contributed by atoms with Crippen LogP contribution in [0.25, 0.3) is 0 Å². The second kappa shape index (κ2) is 7.50. The first-order valence-electron chi connectivity index (χ1n) is 7.65. The molecule has 0 radical (unpaired) electrons. The third kappa shape index (κ3) is 2.49. The van der Waals surface area contributed by atoms with Crippen LogP contribution in [0.2, 0.25) is 0 Å². The van der Waals surface area contributed by atoms with Crippen molar-refractivity contribution in [1.82, 2.24) is 0 Å². The van der Waals surface area contributed by atoms with E-state index in [4.69, 9.17) is 9.47 Å². The van der Waals surface area contributed by atoms with Gasteiger partial charge in [0, 0.05) is 0 Å². The standard InChI is InChI=1S/C20H16N2O4/c1-25-17(23)19(13-21,15-9-5-3-6-10-15)20(14-22,18(24)26-2)16-11-7-4-8-12-16/h3-12H,1-2H3/t19-,20+. The number of hydrogen-bond acceptors (Lipinski definition) is 6. The average Bonchev–Trinajstić information content (AvgIpc) is 2.72. The summed E-state index contributed by atoms with van der Waals surface area (Å²) in [5.74, 6) is -2.05. The molecule has 0 N–H and O–H groups in total. The van der Waals surface area contributed by atoms with Crippen LogP contribution < -0.4 is 0 Å².